The SMILES string of the molecule is [CH2]CCC(O)S(=O)(=O)O. The average molecular weight is 153 g/mol. The molecule has 0 saturated heterocycles. The normalized spacial score (nSPS) is 15.4. The Labute approximate surface area is 54.3 Å². The summed E-state index contributed by atoms with van der Waals surface area (Å²) in [4.78, 5) is 0. The van der Waals surface area contributed by atoms with Crippen LogP contribution < -0.4 is 0 Å². The third-order valence-corrected chi connectivity index (χ3v) is 1.72. The molecule has 0 rings (SSSR count). The van der Waals surface area contributed by atoms with Gasteiger partial charge in [0.2, 0.25) is 0 Å². The molecule has 0 bridgehead atoms. The summed E-state index contributed by atoms with van der Waals surface area (Å²) in [5, 5.41) is 8.51. The predicted octanol–water partition coefficient (Wildman–Crippen LogP) is -0.193. The molecule has 4 nitrogen and oxygen atoms in total. The summed E-state index contributed by atoms with van der Waals surface area (Å²) in [5.74, 6) is 0. The van der Waals surface area contributed by atoms with Crippen molar-refractivity contribution in [2.75, 3.05) is 0 Å². The van der Waals surface area contributed by atoms with Crippen LogP contribution in [0.2, 0.25) is 0 Å². The van der Waals surface area contributed by atoms with E-state index < -0.39 is 15.6 Å². The number of aliphatic hydroxyl groups is 1. The molecule has 1 radical (unpaired) electrons. The Kier molecular flexibility index (Phi) is 3.10. The summed E-state index contributed by atoms with van der Waals surface area (Å²) in [5.41, 5.74) is -1.67. The van der Waals surface area contributed by atoms with Crippen molar-refractivity contribution in [2.24, 2.45) is 0 Å². The third kappa shape index (κ3) is 3.45. The van der Waals surface area contributed by atoms with Crippen LogP contribution in [-0.4, -0.2) is 23.5 Å². The zero-order chi connectivity index (χ0) is 7.49. The Morgan fingerprint density at radius 3 is 2.11 bits per heavy atom. The second-order valence-corrected chi connectivity index (χ2v) is 3.19. The molecule has 0 fully saturated rings. The van der Waals surface area contributed by atoms with Gasteiger partial charge in [-0.25, -0.2) is 0 Å². The molecule has 0 amide bonds. The quantitative estimate of drug-likeness (QED) is 0.551. The fraction of sp³-hybridized carbons (Fsp3) is 0.750. The summed E-state index contributed by atoms with van der Waals surface area (Å²) in [6.45, 7) is 3.30. The first kappa shape index (κ1) is 8.87. The van der Waals surface area contributed by atoms with Gasteiger partial charge < -0.3 is 5.11 Å². The summed E-state index contributed by atoms with van der Waals surface area (Å²) < 4.78 is 28.1. The maximum absolute atomic E-state index is 10.00. The van der Waals surface area contributed by atoms with E-state index in [1.165, 1.54) is 0 Å². The predicted molar refractivity (Wildman–Crippen MR) is 32.1 cm³/mol. The lowest BCUT2D eigenvalue weighted by atomic mass is 10.4. The van der Waals surface area contributed by atoms with Gasteiger partial charge in [-0.1, -0.05) is 6.92 Å². The van der Waals surface area contributed by atoms with E-state index in [1.54, 1.807) is 0 Å². The van der Waals surface area contributed by atoms with Crippen molar-refractivity contribution in [2.45, 2.75) is 18.3 Å². The van der Waals surface area contributed by atoms with Crippen molar-refractivity contribution in [1.29, 1.82) is 0 Å². The highest BCUT2D eigenvalue weighted by atomic mass is 32.2. The first-order valence-electron chi connectivity index (χ1n) is 2.42. The van der Waals surface area contributed by atoms with Gasteiger partial charge in [-0.05, 0) is 12.8 Å². The monoisotopic (exact) mass is 153 g/mol. The minimum atomic E-state index is -4.25. The van der Waals surface area contributed by atoms with E-state index in [2.05, 4.69) is 6.92 Å². The first-order valence-corrected chi connectivity index (χ1v) is 3.92. The van der Waals surface area contributed by atoms with Crippen LogP contribution >= 0.6 is 0 Å². The molecule has 55 valence electrons. The van der Waals surface area contributed by atoms with E-state index in [4.69, 9.17) is 9.66 Å². The third-order valence-electron chi connectivity index (χ3n) is 0.795. The van der Waals surface area contributed by atoms with Gasteiger partial charge in [0.25, 0.3) is 10.1 Å². The lowest BCUT2D eigenvalue weighted by molar-refractivity contribution is 0.224. The second kappa shape index (κ2) is 3.14. The standard InChI is InChI=1S/C4H9O4S/c1-2-3-4(5)9(6,7)8/h4-5H,1-3H2,(H,6,7,8). The lowest BCUT2D eigenvalue weighted by Gasteiger charge is -2.02. The Morgan fingerprint density at radius 2 is 2.00 bits per heavy atom. The zero-order valence-corrected chi connectivity index (χ0v) is 5.63. The highest BCUT2D eigenvalue weighted by molar-refractivity contribution is 7.86. The molecule has 9 heavy (non-hydrogen) atoms. The van der Waals surface area contributed by atoms with Crippen LogP contribution in [-0.2, 0) is 10.1 Å². The molecular weight excluding hydrogens is 144 g/mol. The van der Waals surface area contributed by atoms with E-state index in [-0.39, 0.29) is 12.8 Å². The van der Waals surface area contributed by atoms with E-state index >= 15 is 0 Å². The van der Waals surface area contributed by atoms with Crippen LogP contribution in [0.1, 0.15) is 12.8 Å². The van der Waals surface area contributed by atoms with E-state index in [1.807, 2.05) is 0 Å². The molecule has 1 atom stereocenters. The number of hydrogen-bond donors (Lipinski definition) is 2. The van der Waals surface area contributed by atoms with Gasteiger partial charge in [-0.2, -0.15) is 8.42 Å². The Morgan fingerprint density at radius 1 is 1.56 bits per heavy atom. The molecule has 0 aromatic carbocycles. The lowest BCUT2D eigenvalue weighted by Crippen LogP contribution is -2.18. The van der Waals surface area contributed by atoms with E-state index in [0.717, 1.165) is 0 Å². The second-order valence-electron chi connectivity index (χ2n) is 1.61. The van der Waals surface area contributed by atoms with Gasteiger partial charge in [0, 0.05) is 0 Å². The molecule has 0 aliphatic carbocycles. The molecule has 0 aromatic heterocycles. The zero-order valence-electron chi connectivity index (χ0n) is 4.82. The molecule has 0 heterocycles. The van der Waals surface area contributed by atoms with Gasteiger partial charge in [0.05, 0.1) is 0 Å². The van der Waals surface area contributed by atoms with Crippen LogP contribution in [0.5, 0.6) is 0 Å². The van der Waals surface area contributed by atoms with Gasteiger partial charge in [0.15, 0.2) is 5.44 Å². The van der Waals surface area contributed by atoms with Crippen molar-refractivity contribution in [3.63, 3.8) is 0 Å². The first-order chi connectivity index (χ1) is 3.98. The minimum absolute atomic E-state index is 0.0289. The van der Waals surface area contributed by atoms with Crippen molar-refractivity contribution < 1.29 is 18.1 Å². The molecule has 0 aliphatic rings. The number of aliphatic hydroxyl groups excluding tert-OH is 1. The Bertz CT molecular complexity index is 159. The van der Waals surface area contributed by atoms with Crippen molar-refractivity contribution in [1.82, 2.24) is 0 Å². The van der Waals surface area contributed by atoms with Crippen LogP contribution in [0.4, 0.5) is 0 Å². The fourth-order valence-corrected chi connectivity index (χ4v) is 0.788. The largest absolute Gasteiger partial charge is 0.375 e. The summed E-state index contributed by atoms with van der Waals surface area (Å²) in [6, 6.07) is 0. The number of rotatable bonds is 3. The molecule has 0 saturated carbocycles. The van der Waals surface area contributed by atoms with Crippen LogP contribution in [0, 0.1) is 6.92 Å². The van der Waals surface area contributed by atoms with Crippen LogP contribution in [0.15, 0.2) is 0 Å². The Hall–Kier alpha value is -0.130. The minimum Gasteiger partial charge on any atom is -0.375 e. The molecule has 0 aromatic rings. The van der Waals surface area contributed by atoms with E-state index in [0.29, 0.717) is 0 Å². The Balaban J connectivity index is 3.90. The fourth-order valence-electron chi connectivity index (χ4n) is 0.324. The number of hydrogen-bond acceptors (Lipinski definition) is 3. The van der Waals surface area contributed by atoms with Gasteiger partial charge >= 0.3 is 0 Å². The van der Waals surface area contributed by atoms with Gasteiger partial charge in [0.1, 0.15) is 0 Å². The smallest absolute Gasteiger partial charge is 0.291 e. The van der Waals surface area contributed by atoms with Crippen LogP contribution in [0.3, 0.4) is 0 Å². The maximum Gasteiger partial charge on any atom is 0.291 e. The highest BCUT2D eigenvalue weighted by Crippen LogP contribution is 2.01. The molecule has 1 unspecified atom stereocenters. The molecule has 0 aliphatic heterocycles. The summed E-state index contributed by atoms with van der Waals surface area (Å²) in [7, 11) is -4.25. The van der Waals surface area contributed by atoms with Crippen LogP contribution in [0.25, 0.3) is 0 Å². The topological polar surface area (TPSA) is 74.6 Å². The van der Waals surface area contributed by atoms with Crippen molar-refractivity contribution >= 4 is 10.1 Å². The molecule has 5 heteroatoms. The van der Waals surface area contributed by atoms with Gasteiger partial charge in [-0.3, -0.25) is 4.55 Å². The van der Waals surface area contributed by atoms with Crippen molar-refractivity contribution in [3.8, 4) is 0 Å². The van der Waals surface area contributed by atoms with Crippen molar-refractivity contribution in [3.05, 3.63) is 6.92 Å². The van der Waals surface area contributed by atoms with Gasteiger partial charge in [-0.15, -0.1) is 0 Å². The highest BCUT2D eigenvalue weighted by Gasteiger charge is 2.17. The molecule has 0 spiro atoms. The van der Waals surface area contributed by atoms with E-state index in [9.17, 15) is 8.42 Å². The maximum atomic E-state index is 10.00. The average Bonchev–Trinajstić information content (AvgIpc) is 1.64. The molecular formula is C4H9O4S. The summed E-state index contributed by atoms with van der Waals surface area (Å²) in [6.07, 6.45) is 0.250. The molecule has 2 N–H and O–H groups in total. The summed E-state index contributed by atoms with van der Waals surface area (Å²) >= 11 is 0.